The summed E-state index contributed by atoms with van der Waals surface area (Å²) in [6.45, 7) is 0.761. The van der Waals surface area contributed by atoms with Crippen LogP contribution < -0.4 is 0 Å². The Morgan fingerprint density at radius 1 is 1.17 bits per heavy atom. The summed E-state index contributed by atoms with van der Waals surface area (Å²) in [5.41, 5.74) is 2.87. The minimum atomic E-state index is 0.710. The van der Waals surface area contributed by atoms with Gasteiger partial charge >= 0.3 is 0 Å². The van der Waals surface area contributed by atoms with Crippen molar-refractivity contribution in [2.24, 2.45) is 0 Å². The lowest BCUT2D eigenvalue weighted by Gasteiger charge is -2.04. The molecule has 0 spiro atoms. The van der Waals surface area contributed by atoms with Crippen LogP contribution in [0.1, 0.15) is 5.56 Å². The van der Waals surface area contributed by atoms with Gasteiger partial charge in [-0.2, -0.15) is 0 Å². The number of aromatic nitrogens is 4. The van der Waals surface area contributed by atoms with E-state index in [2.05, 4.69) is 65.6 Å². The summed E-state index contributed by atoms with van der Waals surface area (Å²) in [6, 6.07) is 10.3. The molecule has 0 bridgehead atoms. The van der Waals surface area contributed by atoms with Crippen molar-refractivity contribution in [1.29, 1.82) is 0 Å². The quantitative estimate of drug-likeness (QED) is 0.367. The molecule has 0 fully saturated rings. The van der Waals surface area contributed by atoms with E-state index in [1.165, 1.54) is 5.56 Å². The van der Waals surface area contributed by atoms with Crippen molar-refractivity contribution in [3.05, 3.63) is 50.7 Å². The highest BCUT2D eigenvalue weighted by molar-refractivity contribution is 14.1. The Bertz CT molecular complexity index is 696. The molecule has 4 nitrogen and oxygen atoms in total. The van der Waals surface area contributed by atoms with E-state index in [9.17, 15) is 0 Å². The van der Waals surface area contributed by atoms with Crippen LogP contribution in [0.5, 0.6) is 0 Å². The van der Waals surface area contributed by atoms with Gasteiger partial charge in [-0.15, -0.1) is 0 Å². The highest BCUT2D eigenvalue weighted by Gasteiger charge is 2.10. The topological polar surface area (TPSA) is 43.6 Å². The molecule has 2 aromatic heterocycles. The SMILES string of the molecule is Brc1nc(I)nc2c1ncn2Cc1ccccc1. The van der Waals surface area contributed by atoms with Gasteiger partial charge in [-0.1, -0.05) is 30.3 Å². The van der Waals surface area contributed by atoms with E-state index in [1.54, 1.807) is 6.33 Å². The zero-order valence-electron chi connectivity index (χ0n) is 9.22. The molecule has 0 aliphatic carbocycles. The first-order valence-corrected chi connectivity index (χ1v) is 7.19. The molecular formula is C12H8BrIN4. The lowest BCUT2D eigenvalue weighted by atomic mass is 10.2. The summed E-state index contributed by atoms with van der Waals surface area (Å²) in [4.78, 5) is 13.0. The van der Waals surface area contributed by atoms with Crippen LogP contribution in [0.2, 0.25) is 0 Å². The van der Waals surface area contributed by atoms with Crippen LogP contribution in [-0.4, -0.2) is 19.5 Å². The zero-order chi connectivity index (χ0) is 12.5. The van der Waals surface area contributed by atoms with Crippen LogP contribution in [0.3, 0.4) is 0 Å². The fourth-order valence-corrected chi connectivity index (χ4v) is 3.03. The van der Waals surface area contributed by atoms with Gasteiger partial charge < -0.3 is 4.57 Å². The summed E-state index contributed by atoms with van der Waals surface area (Å²) in [5.74, 6) is 0. The average molecular weight is 415 g/mol. The van der Waals surface area contributed by atoms with Gasteiger partial charge in [-0.25, -0.2) is 15.0 Å². The number of fused-ring (bicyclic) bond motifs is 1. The summed E-state index contributed by atoms with van der Waals surface area (Å²) in [6.07, 6.45) is 1.80. The van der Waals surface area contributed by atoms with Crippen LogP contribution >= 0.6 is 38.5 Å². The molecular weight excluding hydrogens is 407 g/mol. The summed E-state index contributed by atoms with van der Waals surface area (Å²) in [5, 5.41) is 0. The third-order valence-electron chi connectivity index (χ3n) is 2.59. The van der Waals surface area contributed by atoms with Gasteiger partial charge in [0.1, 0.15) is 10.1 Å². The molecule has 0 saturated carbocycles. The molecule has 0 atom stereocenters. The van der Waals surface area contributed by atoms with Gasteiger partial charge in [0.25, 0.3) is 0 Å². The van der Waals surface area contributed by atoms with Crippen molar-refractivity contribution in [2.75, 3.05) is 0 Å². The van der Waals surface area contributed by atoms with E-state index in [-0.39, 0.29) is 0 Å². The van der Waals surface area contributed by atoms with Crippen molar-refractivity contribution < 1.29 is 0 Å². The molecule has 0 amide bonds. The van der Waals surface area contributed by atoms with Crippen molar-refractivity contribution in [1.82, 2.24) is 19.5 Å². The molecule has 0 aliphatic heterocycles. The maximum Gasteiger partial charge on any atom is 0.193 e. The van der Waals surface area contributed by atoms with Crippen LogP contribution in [0.15, 0.2) is 41.3 Å². The van der Waals surface area contributed by atoms with Crippen molar-refractivity contribution >= 4 is 49.7 Å². The van der Waals surface area contributed by atoms with Gasteiger partial charge in [0, 0.05) is 22.6 Å². The van der Waals surface area contributed by atoms with Gasteiger partial charge in [-0.3, -0.25) is 0 Å². The molecule has 0 N–H and O–H groups in total. The highest BCUT2D eigenvalue weighted by atomic mass is 127. The van der Waals surface area contributed by atoms with Crippen molar-refractivity contribution in [3.63, 3.8) is 0 Å². The zero-order valence-corrected chi connectivity index (χ0v) is 13.0. The molecule has 90 valence electrons. The number of rotatable bonds is 2. The first kappa shape index (κ1) is 12.0. The number of imidazole rings is 1. The third-order valence-corrected chi connectivity index (χ3v) is 3.63. The van der Waals surface area contributed by atoms with Gasteiger partial charge in [0.15, 0.2) is 9.48 Å². The maximum atomic E-state index is 4.44. The predicted octanol–water partition coefficient (Wildman–Crippen LogP) is 3.24. The van der Waals surface area contributed by atoms with Crippen LogP contribution in [-0.2, 0) is 6.54 Å². The predicted molar refractivity (Wildman–Crippen MR) is 81.3 cm³/mol. The Morgan fingerprint density at radius 2 is 1.94 bits per heavy atom. The minimum Gasteiger partial charge on any atom is -0.311 e. The van der Waals surface area contributed by atoms with E-state index in [1.807, 2.05) is 22.8 Å². The normalized spacial score (nSPS) is 11.0. The molecule has 0 unspecified atom stereocenters. The Balaban J connectivity index is 2.08. The number of hydrogen-bond donors (Lipinski definition) is 0. The fourth-order valence-electron chi connectivity index (χ4n) is 1.78. The number of nitrogens with zero attached hydrogens (tertiary/aromatic N) is 4. The van der Waals surface area contributed by atoms with Gasteiger partial charge in [0.05, 0.1) is 12.9 Å². The Hall–Kier alpha value is -1.02. The maximum absolute atomic E-state index is 4.44. The summed E-state index contributed by atoms with van der Waals surface area (Å²) in [7, 11) is 0. The monoisotopic (exact) mass is 414 g/mol. The molecule has 1 aromatic carbocycles. The lowest BCUT2D eigenvalue weighted by Crippen LogP contribution is -2.00. The molecule has 0 aliphatic rings. The summed E-state index contributed by atoms with van der Waals surface area (Å²) < 4.78 is 3.48. The fraction of sp³-hybridized carbons (Fsp3) is 0.0833. The second-order valence-electron chi connectivity index (χ2n) is 3.81. The number of hydrogen-bond acceptors (Lipinski definition) is 3. The minimum absolute atomic E-state index is 0.710. The van der Waals surface area contributed by atoms with Crippen LogP contribution in [0.25, 0.3) is 11.2 Å². The average Bonchev–Trinajstić information content (AvgIpc) is 2.74. The Morgan fingerprint density at radius 3 is 2.72 bits per heavy atom. The van der Waals surface area contributed by atoms with E-state index in [0.717, 1.165) is 22.3 Å². The van der Waals surface area contributed by atoms with E-state index in [4.69, 9.17) is 0 Å². The Labute approximate surface area is 126 Å². The summed E-state index contributed by atoms with van der Waals surface area (Å²) >= 11 is 5.52. The largest absolute Gasteiger partial charge is 0.311 e. The molecule has 0 saturated heterocycles. The van der Waals surface area contributed by atoms with Gasteiger partial charge in [0.2, 0.25) is 0 Å². The third kappa shape index (κ3) is 2.26. The van der Waals surface area contributed by atoms with E-state index >= 15 is 0 Å². The highest BCUT2D eigenvalue weighted by Crippen LogP contribution is 2.20. The molecule has 6 heteroatoms. The van der Waals surface area contributed by atoms with Crippen LogP contribution in [0.4, 0.5) is 0 Å². The molecule has 18 heavy (non-hydrogen) atoms. The van der Waals surface area contributed by atoms with E-state index < -0.39 is 0 Å². The van der Waals surface area contributed by atoms with E-state index in [0.29, 0.717) is 3.83 Å². The standard InChI is InChI=1S/C12H8BrIN4/c13-10-9-11(17-12(14)16-10)18(7-15-9)6-8-4-2-1-3-5-8/h1-5,7H,6H2. The molecule has 3 aromatic rings. The lowest BCUT2D eigenvalue weighted by molar-refractivity contribution is 0.811. The second-order valence-corrected chi connectivity index (χ2v) is 5.53. The molecule has 0 radical (unpaired) electrons. The second kappa shape index (κ2) is 4.93. The first-order chi connectivity index (χ1) is 8.74. The van der Waals surface area contributed by atoms with Crippen molar-refractivity contribution in [3.8, 4) is 0 Å². The Kier molecular flexibility index (Phi) is 3.29. The smallest absolute Gasteiger partial charge is 0.193 e. The van der Waals surface area contributed by atoms with Gasteiger partial charge in [-0.05, 0) is 21.5 Å². The number of halogens is 2. The van der Waals surface area contributed by atoms with Crippen LogP contribution in [0, 0.1) is 3.83 Å². The van der Waals surface area contributed by atoms with Crippen molar-refractivity contribution in [2.45, 2.75) is 6.54 Å². The molecule has 2 heterocycles. The molecule has 3 rings (SSSR count). The number of benzene rings is 1. The first-order valence-electron chi connectivity index (χ1n) is 5.32.